The van der Waals surface area contributed by atoms with Crippen LogP contribution >= 0.6 is 0 Å². The normalized spacial score (nSPS) is 19.0. The average Bonchev–Trinajstić information content (AvgIpc) is 3.22. The van der Waals surface area contributed by atoms with Crippen LogP contribution in [-0.4, -0.2) is 40.7 Å². The van der Waals surface area contributed by atoms with Gasteiger partial charge in [-0.3, -0.25) is 9.59 Å². The van der Waals surface area contributed by atoms with Gasteiger partial charge >= 0.3 is 6.09 Å². The first kappa shape index (κ1) is 16.6. The number of rotatable bonds is 5. The van der Waals surface area contributed by atoms with E-state index in [9.17, 15) is 18.8 Å². The number of nitrogens with zero attached hydrogens (tertiary/aromatic N) is 2. The highest BCUT2D eigenvalue weighted by atomic mass is 19.1. The quantitative estimate of drug-likeness (QED) is 0.772. The Morgan fingerprint density at radius 1 is 1.52 bits per heavy atom. The van der Waals surface area contributed by atoms with Crippen LogP contribution in [0.4, 0.5) is 9.18 Å². The lowest BCUT2D eigenvalue weighted by molar-refractivity contribution is -0.126. The third kappa shape index (κ3) is 2.73. The first-order valence-electron chi connectivity index (χ1n) is 7.42. The van der Waals surface area contributed by atoms with Gasteiger partial charge in [0.1, 0.15) is 28.7 Å². The van der Waals surface area contributed by atoms with E-state index in [-0.39, 0.29) is 23.5 Å². The van der Waals surface area contributed by atoms with Gasteiger partial charge in [-0.1, -0.05) is 6.07 Å². The van der Waals surface area contributed by atoms with Crippen molar-refractivity contribution in [2.45, 2.75) is 18.4 Å². The summed E-state index contributed by atoms with van der Waals surface area (Å²) in [6, 6.07) is 5.52. The first-order chi connectivity index (χ1) is 11.9. The highest BCUT2D eigenvalue weighted by molar-refractivity contribution is 5.88. The molecule has 0 spiro atoms. The summed E-state index contributed by atoms with van der Waals surface area (Å²) in [6.07, 6.45) is 0.480. The molecule has 1 saturated heterocycles. The summed E-state index contributed by atoms with van der Waals surface area (Å²) >= 11 is 0. The maximum Gasteiger partial charge on any atom is 0.407 e. The largest absolute Gasteiger partial charge is 0.443 e. The number of cyclic esters (lactones) is 1. The van der Waals surface area contributed by atoms with Crippen molar-refractivity contribution in [2.75, 3.05) is 6.54 Å². The molecule has 1 aliphatic rings. The molecule has 1 aliphatic heterocycles. The molecule has 2 heterocycles. The first-order valence-corrected chi connectivity index (χ1v) is 7.42. The van der Waals surface area contributed by atoms with Crippen LogP contribution in [0.5, 0.6) is 0 Å². The van der Waals surface area contributed by atoms with Crippen LogP contribution in [0.1, 0.15) is 23.0 Å². The molecule has 130 valence electrons. The standard InChI is InChI=1S/C16H15FN4O4/c1-16(14(18)23,13-7-19-15(24)25-13)9-2-3-12(11(17)6-9)21-5-4-10(8-22)20-21/h2-6,8,13H,7H2,1H3,(H2,18,23)(H,19,24). The number of hydrogen-bond acceptors (Lipinski definition) is 5. The van der Waals surface area contributed by atoms with Crippen LogP contribution in [0, 0.1) is 5.82 Å². The summed E-state index contributed by atoms with van der Waals surface area (Å²) < 4.78 is 20.9. The van der Waals surface area contributed by atoms with Gasteiger partial charge in [0.2, 0.25) is 5.91 Å². The zero-order chi connectivity index (χ0) is 18.2. The van der Waals surface area contributed by atoms with E-state index < -0.39 is 29.3 Å². The Morgan fingerprint density at radius 2 is 2.28 bits per heavy atom. The number of ether oxygens (including phenoxy) is 1. The molecule has 8 nitrogen and oxygen atoms in total. The Morgan fingerprint density at radius 3 is 2.80 bits per heavy atom. The summed E-state index contributed by atoms with van der Waals surface area (Å²) in [5, 5.41) is 6.36. The summed E-state index contributed by atoms with van der Waals surface area (Å²) in [7, 11) is 0. The van der Waals surface area contributed by atoms with E-state index in [1.165, 1.54) is 36.0 Å². The monoisotopic (exact) mass is 346 g/mol. The maximum atomic E-state index is 14.6. The van der Waals surface area contributed by atoms with Gasteiger partial charge in [0.15, 0.2) is 6.29 Å². The van der Waals surface area contributed by atoms with Gasteiger partial charge in [0.05, 0.1) is 6.54 Å². The molecule has 25 heavy (non-hydrogen) atoms. The molecule has 2 unspecified atom stereocenters. The van der Waals surface area contributed by atoms with Crippen molar-refractivity contribution < 1.29 is 23.5 Å². The van der Waals surface area contributed by atoms with E-state index in [0.29, 0.717) is 6.29 Å². The summed E-state index contributed by atoms with van der Waals surface area (Å²) in [4.78, 5) is 34.0. The number of halogens is 1. The molecule has 0 radical (unpaired) electrons. The number of nitrogens with one attached hydrogen (secondary N) is 1. The molecule has 3 rings (SSSR count). The number of alkyl carbamates (subject to hydrolysis) is 1. The van der Waals surface area contributed by atoms with Gasteiger partial charge in [-0.2, -0.15) is 5.10 Å². The number of primary amides is 1. The number of nitrogens with two attached hydrogens (primary N) is 1. The molecule has 1 aromatic carbocycles. The minimum Gasteiger partial charge on any atom is -0.443 e. The smallest absolute Gasteiger partial charge is 0.407 e. The zero-order valence-corrected chi connectivity index (χ0v) is 13.2. The fraction of sp³-hybridized carbons (Fsp3) is 0.250. The van der Waals surface area contributed by atoms with Crippen molar-refractivity contribution in [3.05, 3.63) is 47.5 Å². The van der Waals surface area contributed by atoms with Crippen LogP contribution in [-0.2, 0) is 14.9 Å². The fourth-order valence-electron chi connectivity index (χ4n) is 2.75. The van der Waals surface area contributed by atoms with E-state index >= 15 is 0 Å². The topological polar surface area (TPSA) is 116 Å². The molecule has 2 amide bonds. The van der Waals surface area contributed by atoms with Gasteiger partial charge in [0.25, 0.3) is 0 Å². The maximum absolute atomic E-state index is 14.6. The van der Waals surface area contributed by atoms with Crippen molar-refractivity contribution >= 4 is 18.3 Å². The van der Waals surface area contributed by atoms with E-state index in [1.807, 2.05) is 0 Å². The van der Waals surface area contributed by atoms with Crippen LogP contribution in [0.3, 0.4) is 0 Å². The van der Waals surface area contributed by atoms with Gasteiger partial charge in [-0.25, -0.2) is 13.9 Å². The molecule has 2 aromatic rings. The Labute approximate surface area is 141 Å². The number of carbonyl (C=O) groups is 3. The lowest BCUT2D eigenvalue weighted by Gasteiger charge is -2.31. The summed E-state index contributed by atoms with van der Waals surface area (Å²) in [5.41, 5.74) is 4.64. The van der Waals surface area contributed by atoms with Gasteiger partial charge < -0.3 is 15.8 Å². The second-order valence-corrected chi connectivity index (χ2v) is 5.81. The zero-order valence-electron chi connectivity index (χ0n) is 13.2. The van der Waals surface area contributed by atoms with E-state index in [2.05, 4.69) is 10.4 Å². The van der Waals surface area contributed by atoms with Crippen molar-refractivity contribution in [1.82, 2.24) is 15.1 Å². The van der Waals surface area contributed by atoms with Crippen molar-refractivity contribution in [3.63, 3.8) is 0 Å². The molecule has 0 aliphatic carbocycles. The lowest BCUT2D eigenvalue weighted by Crippen LogP contribution is -2.49. The SMILES string of the molecule is CC(C(N)=O)(c1ccc(-n2ccc(C=O)n2)c(F)c1)C1CNC(=O)O1. The van der Waals surface area contributed by atoms with Crippen LogP contribution in [0.15, 0.2) is 30.5 Å². The highest BCUT2D eigenvalue weighted by Gasteiger charge is 2.47. The molecule has 3 N–H and O–H groups in total. The van der Waals surface area contributed by atoms with Crippen molar-refractivity contribution in [2.24, 2.45) is 5.73 Å². The molecular weight excluding hydrogens is 331 g/mol. The molecule has 0 bridgehead atoms. The number of hydrogen-bond donors (Lipinski definition) is 2. The Bertz CT molecular complexity index is 866. The second kappa shape index (κ2) is 6.00. The molecular formula is C16H15FN4O4. The lowest BCUT2D eigenvalue weighted by atomic mass is 9.76. The predicted molar refractivity (Wildman–Crippen MR) is 83.7 cm³/mol. The molecule has 1 aromatic heterocycles. The summed E-state index contributed by atoms with van der Waals surface area (Å²) in [6.45, 7) is 1.58. The van der Waals surface area contributed by atoms with Crippen LogP contribution in [0.2, 0.25) is 0 Å². The van der Waals surface area contributed by atoms with Gasteiger partial charge in [0, 0.05) is 6.20 Å². The number of aromatic nitrogens is 2. The fourth-order valence-corrected chi connectivity index (χ4v) is 2.75. The highest BCUT2D eigenvalue weighted by Crippen LogP contribution is 2.32. The van der Waals surface area contributed by atoms with Crippen LogP contribution in [0.25, 0.3) is 5.69 Å². The number of amides is 2. The second-order valence-electron chi connectivity index (χ2n) is 5.81. The molecule has 1 fully saturated rings. The molecule has 0 saturated carbocycles. The van der Waals surface area contributed by atoms with Gasteiger partial charge in [-0.15, -0.1) is 0 Å². The minimum atomic E-state index is -1.41. The average molecular weight is 346 g/mol. The molecule has 2 atom stereocenters. The van der Waals surface area contributed by atoms with Crippen molar-refractivity contribution in [1.29, 1.82) is 0 Å². The van der Waals surface area contributed by atoms with Gasteiger partial charge in [-0.05, 0) is 30.7 Å². The van der Waals surface area contributed by atoms with E-state index in [0.717, 1.165) is 6.07 Å². The number of carbonyl (C=O) groups excluding carboxylic acids is 3. The number of benzene rings is 1. The molecule has 9 heteroatoms. The van der Waals surface area contributed by atoms with E-state index in [4.69, 9.17) is 10.5 Å². The third-order valence-corrected chi connectivity index (χ3v) is 4.36. The Hall–Kier alpha value is -3.23. The predicted octanol–water partition coefficient (Wildman–Crippen LogP) is 0.675. The summed E-state index contributed by atoms with van der Waals surface area (Å²) in [5.74, 6) is -1.41. The Kier molecular flexibility index (Phi) is 3.99. The third-order valence-electron chi connectivity index (χ3n) is 4.36. The number of aldehydes is 1. The minimum absolute atomic E-state index is 0.0868. The Balaban J connectivity index is 2.01. The van der Waals surface area contributed by atoms with Crippen molar-refractivity contribution in [3.8, 4) is 5.69 Å². The van der Waals surface area contributed by atoms with E-state index in [1.54, 1.807) is 0 Å². The van der Waals surface area contributed by atoms with Crippen LogP contribution < -0.4 is 11.1 Å².